The van der Waals surface area contributed by atoms with Gasteiger partial charge in [0.2, 0.25) is 9.84 Å². The molecule has 2 aromatic carbocycles. The third-order valence-corrected chi connectivity index (χ3v) is 5.62. The second kappa shape index (κ2) is 5.50. The number of rotatable bonds is 4. The Morgan fingerprint density at radius 3 is 2.50 bits per heavy atom. The highest BCUT2D eigenvalue weighted by Crippen LogP contribution is 2.35. The zero-order chi connectivity index (χ0) is 15.7. The summed E-state index contributed by atoms with van der Waals surface area (Å²) in [5.41, 5.74) is 1.48. The van der Waals surface area contributed by atoms with Gasteiger partial charge in [-0.2, -0.15) is 0 Å². The lowest BCUT2D eigenvalue weighted by molar-refractivity contribution is 0.353. The Labute approximate surface area is 129 Å². The number of benzene rings is 2. The van der Waals surface area contributed by atoms with Crippen molar-refractivity contribution in [2.75, 3.05) is 13.7 Å². The monoisotopic (exact) mass is 316 g/mol. The first-order valence-electron chi connectivity index (χ1n) is 6.84. The molecule has 0 atom stereocenters. The van der Waals surface area contributed by atoms with Crippen LogP contribution in [0.15, 0.2) is 52.3 Å². The predicted molar refractivity (Wildman–Crippen MR) is 84.8 cm³/mol. The largest absolute Gasteiger partial charge is 0.497 e. The normalized spacial score (nSPS) is 15.1. The molecule has 114 valence electrons. The summed E-state index contributed by atoms with van der Waals surface area (Å²) in [6, 6.07) is 12.5. The molecule has 1 heterocycles. The zero-order valence-electron chi connectivity index (χ0n) is 12.4. The predicted octanol–water partition coefficient (Wildman–Crippen LogP) is 3.21. The summed E-state index contributed by atoms with van der Waals surface area (Å²) in [7, 11) is -1.89. The SMILES string of the molecule is COc1cccc(OCC2=Cc3cccc(C)c3S2(=O)=O)c1. The molecule has 5 heteroatoms. The fourth-order valence-corrected chi connectivity index (χ4v) is 4.19. The molecule has 1 aliphatic rings. The van der Waals surface area contributed by atoms with E-state index in [0.717, 1.165) is 11.1 Å². The van der Waals surface area contributed by atoms with Gasteiger partial charge in [0, 0.05) is 6.07 Å². The summed E-state index contributed by atoms with van der Waals surface area (Å²) in [5, 5.41) is 0. The fourth-order valence-electron chi connectivity index (χ4n) is 2.50. The molecule has 22 heavy (non-hydrogen) atoms. The van der Waals surface area contributed by atoms with Gasteiger partial charge >= 0.3 is 0 Å². The molecule has 2 aromatic rings. The Hall–Kier alpha value is -2.27. The lowest BCUT2D eigenvalue weighted by Crippen LogP contribution is -2.10. The Morgan fingerprint density at radius 1 is 1.05 bits per heavy atom. The van der Waals surface area contributed by atoms with Crippen molar-refractivity contribution >= 4 is 15.9 Å². The fraction of sp³-hybridized carbons (Fsp3) is 0.176. The first-order chi connectivity index (χ1) is 10.5. The number of methoxy groups -OCH3 is 1. The van der Waals surface area contributed by atoms with E-state index in [1.165, 1.54) is 0 Å². The van der Waals surface area contributed by atoms with Gasteiger partial charge in [0.15, 0.2) is 0 Å². The van der Waals surface area contributed by atoms with Crippen LogP contribution < -0.4 is 9.47 Å². The zero-order valence-corrected chi connectivity index (χ0v) is 13.2. The number of sulfone groups is 1. The van der Waals surface area contributed by atoms with Gasteiger partial charge in [0.1, 0.15) is 18.1 Å². The first-order valence-corrected chi connectivity index (χ1v) is 8.33. The molecule has 0 aromatic heterocycles. The van der Waals surface area contributed by atoms with E-state index in [9.17, 15) is 8.42 Å². The van der Waals surface area contributed by atoms with Crippen molar-refractivity contribution in [1.82, 2.24) is 0 Å². The number of ether oxygens (including phenoxy) is 2. The molecule has 0 aliphatic carbocycles. The van der Waals surface area contributed by atoms with Crippen LogP contribution in [-0.4, -0.2) is 22.1 Å². The van der Waals surface area contributed by atoms with E-state index in [1.807, 2.05) is 6.07 Å². The van der Waals surface area contributed by atoms with Crippen LogP contribution in [0.5, 0.6) is 11.5 Å². The second-order valence-electron chi connectivity index (χ2n) is 5.08. The van der Waals surface area contributed by atoms with Crippen LogP contribution in [0, 0.1) is 6.92 Å². The third kappa shape index (κ3) is 2.48. The van der Waals surface area contributed by atoms with Gasteiger partial charge in [-0.1, -0.05) is 24.3 Å². The molecule has 0 amide bonds. The summed E-state index contributed by atoms with van der Waals surface area (Å²) in [4.78, 5) is 0.666. The number of fused-ring (bicyclic) bond motifs is 1. The summed E-state index contributed by atoms with van der Waals surface area (Å²) in [6.45, 7) is 1.81. The van der Waals surface area contributed by atoms with Crippen molar-refractivity contribution in [1.29, 1.82) is 0 Å². The molecule has 0 N–H and O–H groups in total. The van der Waals surface area contributed by atoms with E-state index in [4.69, 9.17) is 9.47 Å². The standard InChI is InChI=1S/C17H16O4S/c1-12-5-3-6-13-9-16(22(18,19)17(12)13)11-21-15-8-4-7-14(10-15)20-2/h3-10H,11H2,1-2H3. The highest BCUT2D eigenvalue weighted by Gasteiger charge is 2.31. The van der Waals surface area contributed by atoms with E-state index in [2.05, 4.69) is 0 Å². The molecule has 0 saturated heterocycles. The van der Waals surface area contributed by atoms with E-state index in [0.29, 0.717) is 16.4 Å². The van der Waals surface area contributed by atoms with Gasteiger partial charge in [-0.3, -0.25) is 0 Å². The summed E-state index contributed by atoms with van der Waals surface area (Å²) < 4.78 is 35.9. The molecule has 3 rings (SSSR count). The van der Waals surface area contributed by atoms with Crippen molar-refractivity contribution in [2.24, 2.45) is 0 Å². The van der Waals surface area contributed by atoms with Gasteiger partial charge in [-0.05, 0) is 36.3 Å². The molecule has 0 bridgehead atoms. The molecule has 1 aliphatic heterocycles. The summed E-state index contributed by atoms with van der Waals surface area (Å²) in [5.74, 6) is 1.24. The van der Waals surface area contributed by atoms with E-state index >= 15 is 0 Å². The molecular weight excluding hydrogens is 300 g/mol. The second-order valence-corrected chi connectivity index (χ2v) is 7.01. The Balaban J connectivity index is 1.84. The van der Waals surface area contributed by atoms with Crippen LogP contribution in [0.4, 0.5) is 0 Å². The Morgan fingerprint density at radius 2 is 1.77 bits per heavy atom. The maximum Gasteiger partial charge on any atom is 0.207 e. The molecule has 0 saturated carbocycles. The molecule has 0 unspecified atom stereocenters. The minimum atomic E-state index is -3.46. The van der Waals surface area contributed by atoms with Gasteiger partial charge in [-0.15, -0.1) is 0 Å². The summed E-state index contributed by atoms with van der Waals surface area (Å²) >= 11 is 0. The van der Waals surface area contributed by atoms with E-state index in [-0.39, 0.29) is 11.5 Å². The van der Waals surface area contributed by atoms with Crippen LogP contribution >= 0.6 is 0 Å². The molecule has 0 spiro atoms. The third-order valence-electron chi connectivity index (χ3n) is 3.60. The first kappa shape index (κ1) is 14.7. The van der Waals surface area contributed by atoms with Gasteiger partial charge in [-0.25, -0.2) is 8.42 Å². The number of aryl methyl sites for hydroxylation is 1. The van der Waals surface area contributed by atoms with E-state index < -0.39 is 9.84 Å². The van der Waals surface area contributed by atoms with E-state index in [1.54, 1.807) is 56.5 Å². The Bertz CT molecular complexity index is 851. The van der Waals surface area contributed by atoms with Crippen molar-refractivity contribution < 1.29 is 17.9 Å². The van der Waals surface area contributed by atoms with Crippen molar-refractivity contribution in [3.63, 3.8) is 0 Å². The van der Waals surface area contributed by atoms with Crippen LogP contribution in [0.25, 0.3) is 6.08 Å². The average Bonchev–Trinajstić information content (AvgIpc) is 2.77. The van der Waals surface area contributed by atoms with Gasteiger partial charge in [0.25, 0.3) is 0 Å². The molecule has 0 radical (unpaired) electrons. The Kier molecular flexibility index (Phi) is 3.66. The van der Waals surface area contributed by atoms with Crippen LogP contribution in [0.2, 0.25) is 0 Å². The van der Waals surface area contributed by atoms with Crippen molar-refractivity contribution in [2.45, 2.75) is 11.8 Å². The molecular formula is C17H16O4S. The topological polar surface area (TPSA) is 52.6 Å². The van der Waals surface area contributed by atoms with Crippen molar-refractivity contribution in [3.05, 3.63) is 58.5 Å². The minimum Gasteiger partial charge on any atom is -0.497 e. The van der Waals surface area contributed by atoms with Gasteiger partial charge < -0.3 is 9.47 Å². The average molecular weight is 316 g/mol. The minimum absolute atomic E-state index is 0.00359. The maximum atomic E-state index is 12.6. The smallest absolute Gasteiger partial charge is 0.207 e. The van der Waals surface area contributed by atoms with Crippen LogP contribution in [-0.2, 0) is 9.84 Å². The molecule has 4 nitrogen and oxygen atoms in total. The highest BCUT2D eigenvalue weighted by atomic mass is 32.2. The van der Waals surface area contributed by atoms with Crippen molar-refractivity contribution in [3.8, 4) is 11.5 Å². The lowest BCUT2D eigenvalue weighted by atomic mass is 10.1. The van der Waals surface area contributed by atoms with Crippen LogP contribution in [0.1, 0.15) is 11.1 Å². The highest BCUT2D eigenvalue weighted by molar-refractivity contribution is 7.96. The van der Waals surface area contributed by atoms with Crippen LogP contribution in [0.3, 0.4) is 0 Å². The quantitative estimate of drug-likeness (QED) is 0.869. The lowest BCUT2D eigenvalue weighted by Gasteiger charge is -2.09. The number of hydrogen-bond acceptors (Lipinski definition) is 4. The number of hydrogen-bond donors (Lipinski definition) is 0. The maximum absolute atomic E-state index is 12.6. The molecule has 0 fully saturated rings. The summed E-state index contributed by atoms with van der Waals surface area (Å²) in [6.07, 6.45) is 1.68. The van der Waals surface area contributed by atoms with Gasteiger partial charge in [0.05, 0.1) is 16.9 Å².